The van der Waals surface area contributed by atoms with Crippen molar-refractivity contribution >= 4 is 22.4 Å². The lowest BCUT2D eigenvalue weighted by atomic mass is 10.2. The number of hydrogen-bond donors (Lipinski definition) is 2. The molecule has 1 saturated carbocycles. The highest BCUT2D eigenvalue weighted by Crippen LogP contribution is 2.27. The average Bonchev–Trinajstić information content (AvgIpc) is 2.87. The van der Waals surface area contributed by atoms with E-state index in [4.69, 9.17) is 0 Å². The number of halogens is 1. The third-order valence-corrected chi connectivity index (χ3v) is 4.88. The summed E-state index contributed by atoms with van der Waals surface area (Å²) in [5, 5.41) is 3.27. The van der Waals surface area contributed by atoms with Gasteiger partial charge in [-0.1, -0.05) is 0 Å². The van der Waals surface area contributed by atoms with Gasteiger partial charge in [-0.3, -0.25) is 0 Å². The van der Waals surface area contributed by atoms with E-state index in [1.54, 1.807) is 0 Å². The minimum absolute atomic E-state index is 0. The lowest BCUT2D eigenvalue weighted by Gasteiger charge is -2.10. The topological polar surface area (TPSA) is 58.2 Å². The molecule has 0 amide bonds. The SMILES string of the molecule is Cl.O=S(=O)(NCC[C@H]1CCCN1)C1CC1. The van der Waals surface area contributed by atoms with E-state index < -0.39 is 10.0 Å². The van der Waals surface area contributed by atoms with Crippen molar-refractivity contribution in [3.63, 3.8) is 0 Å². The van der Waals surface area contributed by atoms with Gasteiger partial charge in [-0.05, 0) is 38.6 Å². The Morgan fingerprint density at radius 2 is 2.00 bits per heavy atom. The molecule has 6 heteroatoms. The third kappa shape index (κ3) is 3.90. The van der Waals surface area contributed by atoms with Gasteiger partial charge in [-0.25, -0.2) is 13.1 Å². The van der Waals surface area contributed by atoms with Gasteiger partial charge >= 0.3 is 0 Å². The standard InChI is InChI=1S/C9H18N2O2S.ClH/c12-14(13,9-3-4-9)11-7-5-8-2-1-6-10-8;/h8-11H,1-7H2;1H/t8-;/m1./s1. The Balaban J connectivity index is 0.00000112. The molecule has 4 nitrogen and oxygen atoms in total. The van der Waals surface area contributed by atoms with E-state index >= 15 is 0 Å². The molecule has 15 heavy (non-hydrogen) atoms. The molecule has 2 N–H and O–H groups in total. The molecule has 2 fully saturated rings. The van der Waals surface area contributed by atoms with Gasteiger partial charge in [0, 0.05) is 12.6 Å². The maximum atomic E-state index is 11.4. The molecule has 0 aromatic heterocycles. The molecule has 0 spiro atoms. The lowest BCUT2D eigenvalue weighted by molar-refractivity contribution is 0.539. The Bertz CT molecular complexity index is 284. The Hall–Kier alpha value is 0.160. The molecule has 1 heterocycles. The van der Waals surface area contributed by atoms with Crippen LogP contribution in [0.5, 0.6) is 0 Å². The van der Waals surface area contributed by atoms with Crippen LogP contribution in [0.1, 0.15) is 32.1 Å². The Morgan fingerprint density at radius 1 is 1.27 bits per heavy atom. The van der Waals surface area contributed by atoms with Gasteiger partial charge in [0.05, 0.1) is 5.25 Å². The van der Waals surface area contributed by atoms with Crippen molar-refractivity contribution in [3.8, 4) is 0 Å². The van der Waals surface area contributed by atoms with Crippen LogP contribution in [0.15, 0.2) is 0 Å². The predicted octanol–water partition coefficient (Wildman–Crippen LogP) is 0.632. The second-order valence-electron chi connectivity index (χ2n) is 4.22. The third-order valence-electron chi connectivity index (χ3n) is 2.92. The van der Waals surface area contributed by atoms with Crippen molar-refractivity contribution in [2.45, 2.75) is 43.4 Å². The highest BCUT2D eigenvalue weighted by molar-refractivity contribution is 7.90. The molecular weight excluding hydrogens is 236 g/mol. The summed E-state index contributed by atoms with van der Waals surface area (Å²) in [4.78, 5) is 0. The zero-order valence-corrected chi connectivity index (χ0v) is 10.4. The average molecular weight is 255 g/mol. The van der Waals surface area contributed by atoms with Gasteiger partial charge in [-0.15, -0.1) is 12.4 Å². The zero-order chi connectivity index (χ0) is 10.0. The molecule has 90 valence electrons. The first-order valence-corrected chi connectivity index (χ1v) is 6.95. The van der Waals surface area contributed by atoms with Gasteiger partial charge in [0.15, 0.2) is 0 Å². The van der Waals surface area contributed by atoms with E-state index in [-0.39, 0.29) is 17.7 Å². The Kier molecular flexibility index (Phi) is 4.83. The fourth-order valence-electron chi connectivity index (χ4n) is 1.87. The van der Waals surface area contributed by atoms with Crippen LogP contribution in [0.3, 0.4) is 0 Å². The van der Waals surface area contributed by atoms with Crippen molar-refractivity contribution in [2.75, 3.05) is 13.1 Å². The van der Waals surface area contributed by atoms with Crippen LogP contribution in [-0.4, -0.2) is 32.8 Å². The van der Waals surface area contributed by atoms with Gasteiger partial charge in [0.25, 0.3) is 0 Å². The summed E-state index contributed by atoms with van der Waals surface area (Å²) in [6.07, 6.45) is 5.02. The second kappa shape index (κ2) is 5.48. The van der Waals surface area contributed by atoms with Crippen molar-refractivity contribution in [1.29, 1.82) is 0 Å². The van der Waals surface area contributed by atoms with E-state index in [9.17, 15) is 8.42 Å². The highest BCUT2D eigenvalue weighted by Gasteiger charge is 2.35. The molecule has 0 aromatic carbocycles. The normalized spacial score (nSPS) is 26.3. The Labute approximate surface area is 97.7 Å². The maximum Gasteiger partial charge on any atom is 0.214 e. The van der Waals surface area contributed by atoms with Gasteiger partial charge in [0.1, 0.15) is 0 Å². The fraction of sp³-hybridized carbons (Fsp3) is 1.00. The molecule has 0 bridgehead atoms. The number of sulfonamides is 1. The molecule has 2 aliphatic rings. The molecule has 0 radical (unpaired) electrons. The van der Waals surface area contributed by atoms with E-state index in [2.05, 4.69) is 10.0 Å². The molecule has 2 rings (SSSR count). The quantitative estimate of drug-likeness (QED) is 0.757. The fourth-order valence-corrected chi connectivity index (χ4v) is 3.27. The lowest BCUT2D eigenvalue weighted by Crippen LogP contribution is -2.32. The summed E-state index contributed by atoms with van der Waals surface area (Å²) in [6.45, 7) is 1.68. The molecule has 1 saturated heterocycles. The first-order valence-electron chi connectivity index (χ1n) is 5.40. The first kappa shape index (κ1) is 13.2. The largest absolute Gasteiger partial charge is 0.314 e. The van der Waals surface area contributed by atoms with Gasteiger partial charge < -0.3 is 5.32 Å². The van der Waals surface area contributed by atoms with Crippen LogP contribution in [0.25, 0.3) is 0 Å². The smallest absolute Gasteiger partial charge is 0.214 e. The number of nitrogens with one attached hydrogen (secondary N) is 2. The number of rotatable bonds is 5. The van der Waals surface area contributed by atoms with Crippen LogP contribution in [0.4, 0.5) is 0 Å². The van der Waals surface area contributed by atoms with Crippen molar-refractivity contribution in [3.05, 3.63) is 0 Å². The molecular formula is C9H19ClN2O2S. The predicted molar refractivity (Wildman–Crippen MR) is 62.8 cm³/mol. The summed E-state index contributed by atoms with van der Waals surface area (Å²) in [5.74, 6) is 0. The molecule has 1 aliphatic heterocycles. The van der Waals surface area contributed by atoms with Crippen LogP contribution in [0, 0.1) is 0 Å². The van der Waals surface area contributed by atoms with Gasteiger partial charge in [-0.2, -0.15) is 0 Å². The van der Waals surface area contributed by atoms with E-state index in [0.29, 0.717) is 12.6 Å². The van der Waals surface area contributed by atoms with Crippen molar-refractivity contribution in [1.82, 2.24) is 10.0 Å². The molecule has 1 atom stereocenters. The molecule has 0 aromatic rings. The minimum Gasteiger partial charge on any atom is -0.314 e. The monoisotopic (exact) mass is 254 g/mol. The summed E-state index contributed by atoms with van der Waals surface area (Å²) in [7, 11) is -2.96. The van der Waals surface area contributed by atoms with Crippen LogP contribution < -0.4 is 10.0 Å². The summed E-state index contributed by atoms with van der Waals surface area (Å²) in [6, 6.07) is 0.525. The summed E-state index contributed by atoms with van der Waals surface area (Å²) in [5.41, 5.74) is 0. The number of hydrogen-bond acceptors (Lipinski definition) is 3. The maximum absolute atomic E-state index is 11.4. The van der Waals surface area contributed by atoms with Crippen molar-refractivity contribution < 1.29 is 8.42 Å². The van der Waals surface area contributed by atoms with Crippen LogP contribution in [0.2, 0.25) is 0 Å². The zero-order valence-electron chi connectivity index (χ0n) is 8.74. The van der Waals surface area contributed by atoms with Gasteiger partial charge in [0.2, 0.25) is 10.0 Å². The van der Waals surface area contributed by atoms with Crippen LogP contribution >= 0.6 is 12.4 Å². The van der Waals surface area contributed by atoms with E-state index in [1.807, 2.05) is 0 Å². The van der Waals surface area contributed by atoms with Crippen molar-refractivity contribution in [2.24, 2.45) is 0 Å². The Morgan fingerprint density at radius 3 is 2.53 bits per heavy atom. The highest BCUT2D eigenvalue weighted by atomic mass is 35.5. The first-order chi connectivity index (χ1) is 6.68. The van der Waals surface area contributed by atoms with E-state index in [1.165, 1.54) is 12.8 Å². The summed E-state index contributed by atoms with van der Waals surface area (Å²) < 4.78 is 25.6. The second-order valence-corrected chi connectivity index (χ2v) is 6.27. The van der Waals surface area contributed by atoms with E-state index in [0.717, 1.165) is 25.8 Å². The minimum atomic E-state index is -2.96. The summed E-state index contributed by atoms with van der Waals surface area (Å²) >= 11 is 0. The van der Waals surface area contributed by atoms with Crippen LogP contribution in [-0.2, 0) is 10.0 Å². The molecule has 0 unspecified atom stereocenters. The molecule has 1 aliphatic carbocycles.